The van der Waals surface area contributed by atoms with Gasteiger partial charge in [0.1, 0.15) is 12.2 Å². The molecule has 9 heteroatoms. The monoisotopic (exact) mass is 367 g/mol. The van der Waals surface area contributed by atoms with Gasteiger partial charge in [-0.25, -0.2) is 0 Å². The third-order valence-electron chi connectivity index (χ3n) is 3.67. The van der Waals surface area contributed by atoms with E-state index >= 15 is 0 Å². The molecule has 2 rings (SSSR count). The molecule has 0 spiro atoms. The first-order chi connectivity index (χ1) is 12.3. The number of aliphatic hydroxyl groups excluding tert-OH is 1. The number of amides is 1. The second-order valence-electron chi connectivity index (χ2n) is 5.76. The molecule has 1 aliphatic rings. The first-order valence-electron chi connectivity index (χ1n) is 7.92. The zero-order valence-electron chi connectivity index (χ0n) is 14.4. The summed E-state index contributed by atoms with van der Waals surface area (Å²) < 4.78 is 21.0. The van der Waals surface area contributed by atoms with Crippen molar-refractivity contribution < 1.29 is 38.4 Å². The van der Waals surface area contributed by atoms with Gasteiger partial charge in [0.25, 0.3) is 0 Å². The molecule has 26 heavy (non-hydrogen) atoms. The van der Waals surface area contributed by atoms with Gasteiger partial charge in [-0.1, -0.05) is 30.3 Å². The number of nitrogens with two attached hydrogens (primary N) is 1. The Hall–Kier alpha value is -2.49. The van der Waals surface area contributed by atoms with Crippen LogP contribution in [0.5, 0.6) is 0 Å². The Balaban J connectivity index is 2.26. The topological polar surface area (TPSA) is 134 Å². The molecule has 0 aromatic heterocycles. The van der Waals surface area contributed by atoms with Crippen LogP contribution in [-0.4, -0.2) is 53.7 Å². The maximum atomic E-state index is 11.6. The van der Waals surface area contributed by atoms with Crippen LogP contribution < -0.4 is 5.73 Å². The number of hydrogen-bond acceptors (Lipinski definition) is 8. The molecule has 1 heterocycles. The van der Waals surface area contributed by atoms with Crippen molar-refractivity contribution in [1.82, 2.24) is 0 Å². The highest BCUT2D eigenvalue weighted by molar-refractivity contribution is 5.80. The molecular weight excluding hydrogens is 346 g/mol. The molecule has 0 aliphatic carbocycles. The standard InChI is InChI=1S/C17H21NO8/c1-9(19)24-15-13(23-8-11-6-4-3-5-7-11)12(21)14(16(18)22)26-17(15)25-10(2)20/h3-7,12-15,17,21H,8H2,1-2H3,(H2,18,22)/t12-,13-,14+,15+,17+/m0/s1. The van der Waals surface area contributed by atoms with Gasteiger partial charge in [0.05, 0.1) is 6.61 Å². The number of aliphatic hydroxyl groups is 1. The van der Waals surface area contributed by atoms with Crippen molar-refractivity contribution in [1.29, 1.82) is 0 Å². The summed E-state index contributed by atoms with van der Waals surface area (Å²) in [5.74, 6) is -2.40. The maximum absolute atomic E-state index is 11.6. The van der Waals surface area contributed by atoms with Crippen LogP contribution in [0.4, 0.5) is 0 Å². The highest BCUT2D eigenvalue weighted by Gasteiger charge is 2.51. The molecule has 0 radical (unpaired) electrons. The van der Waals surface area contributed by atoms with Crippen molar-refractivity contribution in [2.75, 3.05) is 0 Å². The average molecular weight is 367 g/mol. The van der Waals surface area contributed by atoms with Gasteiger partial charge in [-0.2, -0.15) is 0 Å². The van der Waals surface area contributed by atoms with E-state index in [-0.39, 0.29) is 6.61 Å². The fraction of sp³-hybridized carbons (Fsp3) is 0.471. The summed E-state index contributed by atoms with van der Waals surface area (Å²) >= 11 is 0. The summed E-state index contributed by atoms with van der Waals surface area (Å²) in [5.41, 5.74) is 6.02. The lowest BCUT2D eigenvalue weighted by atomic mass is 9.97. The molecule has 9 nitrogen and oxygen atoms in total. The molecule has 5 atom stereocenters. The van der Waals surface area contributed by atoms with E-state index in [2.05, 4.69) is 0 Å². The molecule has 1 aromatic rings. The van der Waals surface area contributed by atoms with Gasteiger partial charge in [0.15, 0.2) is 12.2 Å². The van der Waals surface area contributed by atoms with Crippen LogP contribution in [0.15, 0.2) is 30.3 Å². The van der Waals surface area contributed by atoms with E-state index in [1.54, 1.807) is 24.3 Å². The first kappa shape index (κ1) is 19.8. The van der Waals surface area contributed by atoms with Gasteiger partial charge in [0, 0.05) is 13.8 Å². The molecule has 1 saturated heterocycles. The lowest BCUT2D eigenvalue weighted by Gasteiger charge is -2.42. The maximum Gasteiger partial charge on any atom is 0.305 e. The summed E-state index contributed by atoms with van der Waals surface area (Å²) in [4.78, 5) is 34.3. The number of carbonyl (C=O) groups excluding carboxylic acids is 3. The number of ether oxygens (including phenoxy) is 4. The molecule has 0 saturated carbocycles. The number of primary amides is 1. The number of esters is 2. The van der Waals surface area contributed by atoms with Crippen molar-refractivity contribution >= 4 is 17.8 Å². The van der Waals surface area contributed by atoms with Crippen LogP contribution in [0.25, 0.3) is 0 Å². The predicted octanol–water partition coefficient (Wildman–Crippen LogP) is -0.362. The van der Waals surface area contributed by atoms with E-state index < -0.39 is 48.6 Å². The van der Waals surface area contributed by atoms with E-state index in [4.69, 9.17) is 24.7 Å². The van der Waals surface area contributed by atoms with E-state index in [0.717, 1.165) is 19.4 Å². The molecule has 3 N–H and O–H groups in total. The lowest BCUT2D eigenvalue weighted by molar-refractivity contribution is -0.293. The number of carbonyl (C=O) groups is 3. The Morgan fingerprint density at radius 1 is 1.08 bits per heavy atom. The summed E-state index contributed by atoms with van der Waals surface area (Å²) in [7, 11) is 0. The molecule has 1 aliphatic heterocycles. The van der Waals surface area contributed by atoms with E-state index in [1.165, 1.54) is 0 Å². The van der Waals surface area contributed by atoms with Crippen molar-refractivity contribution in [2.24, 2.45) is 5.73 Å². The highest BCUT2D eigenvalue weighted by atomic mass is 16.7. The first-order valence-corrected chi connectivity index (χ1v) is 7.92. The Morgan fingerprint density at radius 2 is 1.69 bits per heavy atom. The average Bonchev–Trinajstić information content (AvgIpc) is 2.56. The summed E-state index contributed by atoms with van der Waals surface area (Å²) in [6.45, 7) is 2.32. The minimum absolute atomic E-state index is 0.0542. The minimum atomic E-state index is -1.52. The lowest BCUT2D eigenvalue weighted by Crippen LogP contribution is -2.63. The van der Waals surface area contributed by atoms with Crippen LogP contribution in [0.3, 0.4) is 0 Å². The van der Waals surface area contributed by atoms with Crippen molar-refractivity contribution in [3.63, 3.8) is 0 Å². The SMILES string of the molecule is CC(=O)O[C@@H]1O[C@@H](C(N)=O)[C@@H](O)[C@H](OCc2ccccc2)[C@H]1OC(C)=O. The fourth-order valence-corrected chi connectivity index (χ4v) is 2.59. The normalized spacial score (nSPS) is 28.2. The van der Waals surface area contributed by atoms with E-state index in [9.17, 15) is 19.5 Å². The summed E-state index contributed by atoms with van der Waals surface area (Å²) in [5, 5.41) is 10.4. The van der Waals surface area contributed by atoms with E-state index in [0.29, 0.717) is 0 Å². The molecule has 0 bridgehead atoms. The largest absolute Gasteiger partial charge is 0.453 e. The van der Waals surface area contributed by atoms with Crippen molar-refractivity contribution in [3.8, 4) is 0 Å². The Kier molecular flexibility index (Phi) is 6.67. The Labute approximate surface area is 150 Å². The van der Waals surface area contributed by atoms with Crippen LogP contribution in [-0.2, 0) is 39.9 Å². The smallest absolute Gasteiger partial charge is 0.305 e. The van der Waals surface area contributed by atoms with Crippen LogP contribution in [0, 0.1) is 0 Å². The van der Waals surface area contributed by atoms with Crippen LogP contribution in [0.1, 0.15) is 19.4 Å². The molecule has 1 amide bonds. The van der Waals surface area contributed by atoms with Gasteiger partial charge < -0.3 is 29.8 Å². The predicted molar refractivity (Wildman–Crippen MR) is 86.2 cm³/mol. The van der Waals surface area contributed by atoms with Gasteiger partial charge in [0.2, 0.25) is 12.2 Å². The molecule has 1 aromatic carbocycles. The van der Waals surface area contributed by atoms with Gasteiger partial charge >= 0.3 is 11.9 Å². The zero-order valence-corrected chi connectivity index (χ0v) is 14.4. The minimum Gasteiger partial charge on any atom is -0.453 e. The van der Waals surface area contributed by atoms with Crippen molar-refractivity contribution in [3.05, 3.63) is 35.9 Å². The van der Waals surface area contributed by atoms with Crippen LogP contribution in [0.2, 0.25) is 0 Å². The number of rotatable bonds is 6. The molecule has 0 unspecified atom stereocenters. The van der Waals surface area contributed by atoms with Crippen molar-refractivity contribution in [2.45, 2.75) is 51.2 Å². The molecule has 142 valence electrons. The van der Waals surface area contributed by atoms with Crippen LogP contribution >= 0.6 is 0 Å². The number of hydrogen-bond donors (Lipinski definition) is 2. The summed E-state index contributed by atoms with van der Waals surface area (Å²) in [6.07, 6.45) is -6.93. The summed E-state index contributed by atoms with van der Waals surface area (Å²) in [6, 6.07) is 9.02. The second-order valence-corrected chi connectivity index (χ2v) is 5.76. The number of benzene rings is 1. The Morgan fingerprint density at radius 3 is 2.23 bits per heavy atom. The van der Waals surface area contributed by atoms with Gasteiger partial charge in [-0.05, 0) is 5.56 Å². The Bertz CT molecular complexity index is 649. The highest BCUT2D eigenvalue weighted by Crippen LogP contribution is 2.28. The van der Waals surface area contributed by atoms with Gasteiger partial charge in [-0.15, -0.1) is 0 Å². The third kappa shape index (κ3) is 5.01. The molecule has 1 fully saturated rings. The quantitative estimate of drug-likeness (QED) is 0.651. The molecular formula is C17H21NO8. The zero-order chi connectivity index (χ0) is 19.3. The second kappa shape index (κ2) is 8.75. The fourth-order valence-electron chi connectivity index (χ4n) is 2.59. The third-order valence-corrected chi connectivity index (χ3v) is 3.67. The van der Waals surface area contributed by atoms with Gasteiger partial charge in [-0.3, -0.25) is 14.4 Å². The van der Waals surface area contributed by atoms with E-state index in [1.807, 2.05) is 6.07 Å².